The van der Waals surface area contributed by atoms with Gasteiger partial charge in [-0.15, -0.1) is 0 Å². The first kappa shape index (κ1) is 17.2. The topological polar surface area (TPSA) is 43.4 Å². The van der Waals surface area contributed by atoms with Gasteiger partial charge in [0.2, 0.25) is 0 Å². The number of hydrogen-bond acceptors (Lipinski definition) is 3. The third kappa shape index (κ3) is 4.91. The van der Waals surface area contributed by atoms with Crippen LogP contribution in [0.15, 0.2) is 29.2 Å². The molecule has 0 atom stereocenters. The zero-order chi connectivity index (χ0) is 15.3. The van der Waals surface area contributed by atoms with Gasteiger partial charge >= 0.3 is 0 Å². The van der Waals surface area contributed by atoms with Crippen LogP contribution in [0.25, 0.3) is 0 Å². The van der Waals surface area contributed by atoms with Crippen LogP contribution < -0.4 is 0 Å². The summed E-state index contributed by atoms with van der Waals surface area (Å²) in [4.78, 5) is 0.230. The minimum absolute atomic E-state index is 0.230. The van der Waals surface area contributed by atoms with Crippen LogP contribution in [0, 0.1) is 24.7 Å². The molecule has 0 fully saturated rings. The van der Waals surface area contributed by atoms with E-state index in [9.17, 15) is 8.42 Å². The average Bonchev–Trinajstić information content (AvgIpc) is 2.34. The van der Waals surface area contributed by atoms with E-state index in [1.807, 2.05) is 6.92 Å². The second kappa shape index (κ2) is 7.23. The Morgan fingerprint density at radius 1 is 1.00 bits per heavy atom. The van der Waals surface area contributed by atoms with E-state index in [0.29, 0.717) is 17.8 Å². The summed E-state index contributed by atoms with van der Waals surface area (Å²) in [5, 5.41) is 0. The Labute approximate surface area is 123 Å². The second-order valence-electron chi connectivity index (χ2n) is 6.03. The zero-order valence-corrected chi connectivity index (χ0v) is 13.9. The highest BCUT2D eigenvalue weighted by Crippen LogP contribution is 2.24. The van der Waals surface area contributed by atoms with Gasteiger partial charge in [0, 0.05) is 0 Å². The maximum atomic E-state index is 12.0. The van der Waals surface area contributed by atoms with Crippen molar-refractivity contribution in [3.63, 3.8) is 0 Å². The first-order chi connectivity index (χ1) is 9.24. The highest BCUT2D eigenvalue weighted by atomic mass is 32.2. The molecule has 0 aliphatic carbocycles. The van der Waals surface area contributed by atoms with E-state index in [4.69, 9.17) is 4.18 Å². The lowest BCUT2D eigenvalue weighted by Gasteiger charge is -2.24. The van der Waals surface area contributed by atoms with Crippen molar-refractivity contribution in [3.8, 4) is 0 Å². The van der Waals surface area contributed by atoms with Gasteiger partial charge in [0.05, 0.1) is 11.5 Å². The summed E-state index contributed by atoms with van der Waals surface area (Å²) in [6.45, 7) is 10.8. The Hall–Kier alpha value is -0.870. The van der Waals surface area contributed by atoms with Gasteiger partial charge in [-0.3, -0.25) is 4.18 Å². The van der Waals surface area contributed by atoms with Gasteiger partial charge < -0.3 is 0 Å². The summed E-state index contributed by atoms with van der Waals surface area (Å²) < 4.78 is 29.2. The molecule has 0 unspecified atom stereocenters. The molecule has 0 saturated heterocycles. The maximum Gasteiger partial charge on any atom is 0.296 e. The largest absolute Gasteiger partial charge is 0.296 e. The molecule has 0 aromatic heterocycles. The minimum atomic E-state index is -3.62. The van der Waals surface area contributed by atoms with Crippen molar-refractivity contribution < 1.29 is 12.6 Å². The first-order valence-electron chi connectivity index (χ1n) is 7.20. The van der Waals surface area contributed by atoms with E-state index >= 15 is 0 Å². The van der Waals surface area contributed by atoms with E-state index in [-0.39, 0.29) is 11.5 Å². The summed E-state index contributed by atoms with van der Waals surface area (Å²) >= 11 is 0. The molecule has 3 nitrogen and oxygen atoms in total. The second-order valence-corrected chi connectivity index (χ2v) is 7.65. The molecular formula is C16H26O3S. The number of aryl methyl sites for hydroxylation is 1. The molecule has 0 aliphatic heterocycles. The molecule has 0 heterocycles. The Bertz CT molecular complexity index is 493. The molecule has 0 saturated carbocycles. The van der Waals surface area contributed by atoms with Crippen LogP contribution in [0.1, 0.15) is 39.7 Å². The molecule has 0 spiro atoms. The molecule has 4 heteroatoms. The van der Waals surface area contributed by atoms with Crippen LogP contribution in [-0.2, 0) is 14.3 Å². The molecule has 0 radical (unpaired) electrons. The Balaban J connectivity index is 2.62. The summed E-state index contributed by atoms with van der Waals surface area (Å²) in [6.07, 6.45) is 0.764. The Kier molecular flexibility index (Phi) is 6.21. The van der Waals surface area contributed by atoms with E-state index in [2.05, 4.69) is 27.7 Å². The van der Waals surface area contributed by atoms with Crippen LogP contribution >= 0.6 is 0 Å². The van der Waals surface area contributed by atoms with Crippen molar-refractivity contribution in [2.75, 3.05) is 6.61 Å². The lowest BCUT2D eigenvalue weighted by atomic mass is 9.83. The monoisotopic (exact) mass is 298 g/mol. The number of rotatable bonds is 7. The molecular weight excluding hydrogens is 272 g/mol. The number of hydrogen-bond donors (Lipinski definition) is 0. The van der Waals surface area contributed by atoms with Crippen molar-refractivity contribution in [2.24, 2.45) is 17.8 Å². The van der Waals surface area contributed by atoms with Crippen molar-refractivity contribution in [1.82, 2.24) is 0 Å². The van der Waals surface area contributed by atoms with Crippen LogP contribution in [0.5, 0.6) is 0 Å². The number of benzene rings is 1. The van der Waals surface area contributed by atoms with Crippen LogP contribution in [0.4, 0.5) is 0 Å². The lowest BCUT2D eigenvalue weighted by Crippen LogP contribution is -2.19. The van der Waals surface area contributed by atoms with Gasteiger partial charge in [-0.05, 0) is 43.2 Å². The van der Waals surface area contributed by atoms with Crippen LogP contribution in [0.2, 0.25) is 0 Å². The first-order valence-corrected chi connectivity index (χ1v) is 8.61. The summed E-state index contributed by atoms with van der Waals surface area (Å²) in [5.74, 6) is 1.53. The predicted molar refractivity (Wildman–Crippen MR) is 82.1 cm³/mol. The summed E-state index contributed by atoms with van der Waals surface area (Å²) in [7, 11) is -3.62. The fourth-order valence-electron chi connectivity index (χ4n) is 2.50. The predicted octanol–water partition coefficient (Wildman–Crippen LogP) is 4.02. The molecule has 0 amide bonds. The smallest absolute Gasteiger partial charge is 0.266 e. The molecule has 20 heavy (non-hydrogen) atoms. The van der Waals surface area contributed by atoms with E-state index < -0.39 is 10.1 Å². The lowest BCUT2D eigenvalue weighted by molar-refractivity contribution is 0.211. The molecule has 0 aliphatic rings. The van der Waals surface area contributed by atoms with E-state index in [1.165, 1.54) is 0 Å². The quantitative estimate of drug-likeness (QED) is 0.714. The molecule has 0 bridgehead atoms. The zero-order valence-electron chi connectivity index (χ0n) is 13.1. The average molecular weight is 298 g/mol. The molecule has 114 valence electrons. The van der Waals surface area contributed by atoms with Crippen LogP contribution in [-0.4, -0.2) is 15.0 Å². The molecule has 1 rings (SSSR count). The van der Waals surface area contributed by atoms with Gasteiger partial charge in [0.1, 0.15) is 0 Å². The molecule has 1 aromatic rings. The third-order valence-corrected chi connectivity index (χ3v) is 5.04. The van der Waals surface area contributed by atoms with E-state index in [1.54, 1.807) is 24.3 Å². The van der Waals surface area contributed by atoms with Crippen molar-refractivity contribution >= 4 is 10.1 Å². The fourth-order valence-corrected chi connectivity index (χ4v) is 3.42. The highest BCUT2D eigenvalue weighted by Gasteiger charge is 2.20. The molecule has 1 aromatic carbocycles. The summed E-state index contributed by atoms with van der Waals surface area (Å²) in [6, 6.07) is 6.74. The molecule has 0 N–H and O–H groups in total. The van der Waals surface area contributed by atoms with Crippen molar-refractivity contribution in [2.45, 2.75) is 45.9 Å². The standard InChI is InChI=1S/C16H26O3S/c1-12(2)16(13(3)4)10-11-19-20(17,18)15-8-6-14(5)7-9-15/h6-9,12-13,16H,10-11H2,1-5H3. The van der Waals surface area contributed by atoms with Gasteiger partial charge in [-0.2, -0.15) is 8.42 Å². The van der Waals surface area contributed by atoms with Gasteiger partial charge in [0.25, 0.3) is 10.1 Å². The Morgan fingerprint density at radius 3 is 1.95 bits per heavy atom. The Morgan fingerprint density at radius 2 is 1.50 bits per heavy atom. The van der Waals surface area contributed by atoms with Crippen molar-refractivity contribution in [1.29, 1.82) is 0 Å². The van der Waals surface area contributed by atoms with Gasteiger partial charge in [-0.25, -0.2) is 0 Å². The SMILES string of the molecule is Cc1ccc(S(=O)(=O)OCCC(C(C)C)C(C)C)cc1. The normalized spacial score (nSPS) is 12.6. The van der Waals surface area contributed by atoms with Crippen LogP contribution in [0.3, 0.4) is 0 Å². The third-order valence-electron chi connectivity index (χ3n) is 3.71. The van der Waals surface area contributed by atoms with E-state index in [0.717, 1.165) is 12.0 Å². The maximum absolute atomic E-state index is 12.0. The van der Waals surface area contributed by atoms with Gasteiger partial charge in [-0.1, -0.05) is 45.4 Å². The summed E-state index contributed by atoms with van der Waals surface area (Å²) in [5.41, 5.74) is 1.03. The fraction of sp³-hybridized carbons (Fsp3) is 0.625. The van der Waals surface area contributed by atoms with Crippen molar-refractivity contribution in [3.05, 3.63) is 29.8 Å². The van der Waals surface area contributed by atoms with Gasteiger partial charge in [0.15, 0.2) is 0 Å². The highest BCUT2D eigenvalue weighted by molar-refractivity contribution is 7.86. The minimum Gasteiger partial charge on any atom is -0.266 e.